The molecular formula is C6H13N5. The highest BCUT2D eigenvalue weighted by molar-refractivity contribution is 5.18. The Morgan fingerprint density at radius 2 is 2.18 bits per heavy atom. The van der Waals surface area contributed by atoms with Gasteiger partial charge in [-0.15, -0.1) is 0 Å². The Labute approximate surface area is 65.6 Å². The van der Waals surface area contributed by atoms with Crippen LogP contribution >= 0.6 is 0 Å². The van der Waals surface area contributed by atoms with Crippen molar-refractivity contribution < 1.29 is 0 Å². The molecule has 0 aliphatic carbocycles. The van der Waals surface area contributed by atoms with Crippen LogP contribution in [0.4, 0.5) is 5.95 Å². The Balaban J connectivity index is 2.35. The van der Waals surface area contributed by atoms with E-state index >= 15 is 0 Å². The average Bonchev–Trinajstić information content (AvgIpc) is 2.32. The van der Waals surface area contributed by atoms with E-state index < -0.39 is 0 Å². The van der Waals surface area contributed by atoms with Crippen molar-refractivity contribution in [3.63, 3.8) is 0 Å². The summed E-state index contributed by atoms with van der Waals surface area (Å²) in [4.78, 5) is 0. The van der Waals surface area contributed by atoms with Crippen LogP contribution in [-0.2, 0) is 0 Å². The molecule has 62 valence electrons. The first-order valence-electron chi connectivity index (χ1n) is 3.55. The van der Waals surface area contributed by atoms with Crippen LogP contribution < -0.4 is 5.32 Å². The number of hydrogen-bond acceptors (Lipinski definition) is 4. The lowest BCUT2D eigenvalue weighted by atomic mass is 9.97. The average molecular weight is 155 g/mol. The standard InChI is InChI=1S/C6H13N5/c1-6(2,3)4-7-5-8-10-11-9-5/h4H2,1-3H3,(H2,7,8,9,10,11). The van der Waals surface area contributed by atoms with Gasteiger partial charge in [0.1, 0.15) is 0 Å². The van der Waals surface area contributed by atoms with Gasteiger partial charge >= 0.3 is 0 Å². The number of tetrazole rings is 1. The Hall–Kier alpha value is -1.13. The first kappa shape index (κ1) is 7.97. The molecule has 1 aromatic heterocycles. The third-order valence-corrected chi connectivity index (χ3v) is 1.13. The predicted octanol–water partition coefficient (Wildman–Crippen LogP) is 0.658. The van der Waals surface area contributed by atoms with Crippen molar-refractivity contribution in [2.45, 2.75) is 20.8 Å². The molecule has 0 atom stereocenters. The summed E-state index contributed by atoms with van der Waals surface area (Å²) in [5, 5.41) is 16.3. The molecule has 0 bridgehead atoms. The third kappa shape index (κ3) is 2.97. The van der Waals surface area contributed by atoms with Crippen molar-refractivity contribution >= 4 is 5.95 Å². The predicted molar refractivity (Wildman–Crippen MR) is 42.1 cm³/mol. The second-order valence-electron chi connectivity index (χ2n) is 3.66. The maximum absolute atomic E-state index is 3.69. The number of rotatable bonds is 2. The van der Waals surface area contributed by atoms with Crippen LogP contribution in [0.5, 0.6) is 0 Å². The molecule has 0 unspecified atom stereocenters. The molecule has 5 heteroatoms. The van der Waals surface area contributed by atoms with E-state index in [1.54, 1.807) is 0 Å². The van der Waals surface area contributed by atoms with Crippen LogP contribution in [0.2, 0.25) is 0 Å². The number of nitrogens with zero attached hydrogens (tertiary/aromatic N) is 3. The van der Waals surface area contributed by atoms with Gasteiger partial charge in [-0.1, -0.05) is 25.9 Å². The minimum atomic E-state index is 0.243. The van der Waals surface area contributed by atoms with E-state index in [1.165, 1.54) is 0 Å². The lowest BCUT2D eigenvalue weighted by molar-refractivity contribution is 0.442. The van der Waals surface area contributed by atoms with E-state index in [2.05, 4.69) is 46.7 Å². The molecule has 0 fully saturated rings. The fourth-order valence-corrected chi connectivity index (χ4v) is 0.583. The van der Waals surface area contributed by atoms with E-state index in [0.717, 1.165) is 6.54 Å². The van der Waals surface area contributed by atoms with Gasteiger partial charge in [0.05, 0.1) is 0 Å². The monoisotopic (exact) mass is 155 g/mol. The fourth-order valence-electron chi connectivity index (χ4n) is 0.583. The third-order valence-electron chi connectivity index (χ3n) is 1.13. The second-order valence-corrected chi connectivity index (χ2v) is 3.66. The molecule has 0 saturated carbocycles. The van der Waals surface area contributed by atoms with Crippen molar-refractivity contribution in [1.29, 1.82) is 0 Å². The summed E-state index contributed by atoms with van der Waals surface area (Å²) < 4.78 is 0. The van der Waals surface area contributed by atoms with E-state index in [-0.39, 0.29) is 5.41 Å². The van der Waals surface area contributed by atoms with Crippen LogP contribution in [0.15, 0.2) is 0 Å². The SMILES string of the molecule is CC(C)(C)CNc1nnn[nH]1. The molecule has 5 nitrogen and oxygen atoms in total. The molecule has 0 amide bonds. The summed E-state index contributed by atoms with van der Waals surface area (Å²) in [7, 11) is 0. The molecule has 0 aliphatic heterocycles. The van der Waals surface area contributed by atoms with E-state index in [9.17, 15) is 0 Å². The lowest BCUT2D eigenvalue weighted by Gasteiger charge is -2.17. The molecule has 2 N–H and O–H groups in total. The molecular weight excluding hydrogens is 142 g/mol. The number of nitrogens with one attached hydrogen (secondary N) is 2. The van der Waals surface area contributed by atoms with E-state index in [4.69, 9.17) is 0 Å². The lowest BCUT2D eigenvalue weighted by Crippen LogP contribution is -2.19. The zero-order valence-electron chi connectivity index (χ0n) is 7.05. The van der Waals surface area contributed by atoms with Crippen LogP contribution in [0, 0.1) is 5.41 Å². The first-order valence-corrected chi connectivity index (χ1v) is 3.55. The Morgan fingerprint density at radius 1 is 1.45 bits per heavy atom. The summed E-state index contributed by atoms with van der Waals surface area (Å²) in [6.07, 6.45) is 0. The van der Waals surface area contributed by atoms with Crippen molar-refractivity contribution in [2.75, 3.05) is 11.9 Å². The van der Waals surface area contributed by atoms with Crippen molar-refractivity contribution in [2.24, 2.45) is 5.41 Å². The topological polar surface area (TPSA) is 66.5 Å². The minimum Gasteiger partial charge on any atom is -0.353 e. The van der Waals surface area contributed by atoms with Crippen molar-refractivity contribution in [3.8, 4) is 0 Å². The van der Waals surface area contributed by atoms with Crippen LogP contribution in [0.25, 0.3) is 0 Å². The highest BCUT2D eigenvalue weighted by atomic mass is 15.5. The molecule has 1 rings (SSSR count). The molecule has 1 aromatic rings. The summed E-state index contributed by atoms with van der Waals surface area (Å²) in [6.45, 7) is 7.28. The molecule has 0 spiro atoms. The normalized spacial score (nSPS) is 11.5. The highest BCUT2D eigenvalue weighted by Crippen LogP contribution is 2.12. The van der Waals surface area contributed by atoms with Gasteiger partial charge < -0.3 is 5.32 Å². The minimum absolute atomic E-state index is 0.243. The van der Waals surface area contributed by atoms with Gasteiger partial charge in [0.2, 0.25) is 5.95 Å². The molecule has 1 heterocycles. The zero-order chi connectivity index (χ0) is 8.32. The first-order chi connectivity index (χ1) is 5.08. The quantitative estimate of drug-likeness (QED) is 0.658. The summed E-state index contributed by atoms with van der Waals surface area (Å²) in [5.74, 6) is 0.625. The van der Waals surface area contributed by atoms with Gasteiger partial charge in [-0.05, 0) is 15.8 Å². The highest BCUT2D eigenvalue weighted by Gasteiger charge is 2.09. The number of anilines is 1. The number of aromatic nitrogens is 4. The van der Waals surface area contributed by atoms with Gasteiger partial charge in [0.25, 0.3) is 0 Å². The Kier molecular flexibility index (Phi) is 2.07. The number of H-pyrrole nitrogens is 1. The molecule has 0 aliphatic rings. The number of hydrogen-bond donors (Lipinski definition) is 2. The zero-order valence-corrected chi connectivity index (χ0v) is 7.05. The maximum atomic E-state index is 3.69. The van der Waals surface area contributed by atoms with Gasteiger partial charge in [-0.2, -0.15) is 0 Å². The molecule has 0 radical (unpaired) electrons. The Morgan fingerprint density at radius 3 is 2.64 bits per heavy atom. The summed E-state index contributed by atoms with van der Waals surface area (Å²) in [6, 6.07) is 0. The van der Waals surface area contributed by atoms with E-state index in [1.807, 2.05) is 0 Å². The number of aromatic amines is 1. The Bertz CT molecular complexity index is 197. The summed E-state index contributed by atoms with van der Waals surface area (Å²) in [5.41, 5.74) is 0.243. The van der Waals surface area contributed by atoms with E-state index in [0.29, 0.717) is 5.95 Å². The second kappa shape index (κ2) is 2.86. The molecule has 0 saturated heterocycles. The summed E-state index contributed by atoms with van der Waals surface area (Å²) >= 11 is 0. The largest absolute Gasteiger partial charge is 0.353 e. The van der Waals surface area contributed by atoms with Gasteiger partial charge in [-0.3, -0.25) is 0 Å². The smallest absolute Gasteiger partial charge is 0.240 e. The van der Waals surface area contributed by atoms with Gasteiger partial charge in [0.15, 0.2) is 0 Å². The van der Waals surface area contributed by atoms with Gasteiger partial charge in [-0.25, -0.2) is 5.10 Å². The van der Waals surface area contributed by atoms with Crippen LogP contribution in [0.3, 0.4) is 0 Å². The van der Waals surface area contributed by atoms with Gasteiger partial charge in [0, 0.05) is 6.54 Å². The van der Waals surface area contributed by atoms with Crippen LogP contribution in [-0.4, -0.2) is 27.2 Å². The fraction of sp³-hybridized carbons (Fsp3) is 0.833. The molecule has 11 heavy (non-hydrogen) atoms. The maximum Gasteiger partial charge on any atom is 0.240 e. The van der Waals surface area contributed by atoms with Crippen molar-refractivity contribution in [3.05, 3.63) is 0 Å². The van der Waals surface area contributed by atoms with Crippen molar-refractivity contribution in [1.82, 2.24) is 20.6 Å². The van der Waals surface area contributed by atoms with Crippen LogP contribution in [0.1, 0.15) is 20.8 Å². The molecule has 0 aromatic carbocycles.